The number of aliphatic imine (C=N–C) groups is 1. The maximum Gasteiger partial charge on any atom is 0.165 e. The Morgan fingerprint density at radius 2 is 1.83 bits per heavy atom. The second-order valence-electron chi connectivity index (χ2n) is 7.14. The summed E-state index contributed by atoms with van der Waals surface area (Å²) in [7, 11) is 2.22. The van der Waals surface area contributed by atoms with Crippen molar-refractivity contribution >= 4 is 28.4 Å². The van der Waals surface area contributed by atoms with Crippen LogP contribution in [-0.2, 0) is 4.79 Å². The van der Waals surface area contributed by atoms with Crippen molar-refractivity contribution in [2.75, 3.05) is 39.0 Å². The molecule has 0 atom stereocenters. The average Bonchev–Trinajstić information content (AvgIpc) is 2.52. The van der Waals surface area contributed by atoms with Crippen molar-refractivity contribution in [2.45, 2.75) is 20.8 Å². The molecule has 23 heavy (non-hydrogen) atoms. The van der Waals surface area contributed by atoms with Gasteiger partial charge in [0.15, 0.2) is 5.17 Å². The monoisotopic (exact) mass is 334 g/mol. The molecule has 0 radical (unpaired) electrons. The molecule has 0 aliphatic carbocycles. The van der Waals surface area contributed by atoms with E-state index in [1.807, 2.05) is 51.1 Å². The Morgan fingerprint density at radius 3 is 2.39 bits per heavy atom. The van der Waals surface area contributed by atoms with Gasteiger partial charge in [0, 0.05) is 5.41 Å². The van der Waals surface area contributed by atoms with Gasteiger partial charge in [-0.25, -0.2) is 4.99 Å². The van der Waals surface area contributed by atoms with E-state index in [0.29, 0.717) is 5.75 Å². The van der Waals surface area contributed by atoms with Crippen LogP contribution in [0.25, 0.3) is 0 Å². The van der Waals surface area contributed by atoms with Crippen molar-refractivity contribution in [3.8, 4) is 0 Å². The molecule has 0 unspecified atom stereocenters. The quantitative estimate of drug-likeness (QED) is 0.677. The molecule has 2 rings (SSSR count). The predicted molar refractivity (Wildman–Crippen MR) is 98.7 cm³/mol. The fourth-order valence-corrected chi connectivity index (χ4v) is 3.46. The Labute approximate surface area is 144 Å². The summed E-state index contributed by atoms with van der Waals surface area (Å²) in [6, 6.07) is 10.0. The van der Waals surface area contributed by atoms with Crippen LogP contribution in [0.3, 0.4) is 0 Å². The van der Waals surface area contributed by atoms with Gasteiger partial charge in [0.05, 0.1) is 44.7 Å². The fourth-order valence-electron chi connectivity index (χ4n) is 2.23. The van der Waals surface area contributed by atoms with Crippen molar-refractivity contribution in [1.82, 2.24) is 4.90 Å². The number of benzene rings is 1. The zero-order chi connectivity index (χ0) is 16.9. The summed E-state index contributed by atoms with van der Waals surface area (Å²) >= 11 is 1.58. The molecule has 5 heteroatoms. The summed E-state index contributed by atoms with van der Waals surface area (Å²) in [5, 5.41) is 0.973. The third-order valence-electron chi connectivity index (χ3n) is 4.04. The summed E-state index contributed by atoms with van der Waals surface area (Å²) in [6.07, 6.45) is 0. The molecule has 1 aliphatic heterocycles. The average molecular weight is 335 g/mol. The lowest BCUT2D eigenvalue weighted by Crippen LogP contribution is -3.12. The van der Waals surface area contributed by atoms with Gasteiger partial charge in [0.25, 0.3) is 0 Å². The number of likely N-dealkylation sites (N-methyl/N-ethyl adjacent to an activating group) is 1. The molecular formula is C18H28N3OS+. The summed E-state index contributed by atoms with van der Waals surface area (Å²) in [4.78, 5) is 20.9. The van der Waals surface area contributed by atoms with Gasteiger partial charge in [-0.3, -0.25) is 4.79 Å². The van der Waals surface area contributed by atoms with Crippen LogP contribution in [0.4, 0.5) is 5.69 Å². The van der Waals surface area contributed by atoms with Crippen LogP contribution < -0.4 is 4.90 Å². The Hall–Kier alpha value is -1.33. The van der Waals surface area contributed by atoms with E-state index >= 15 is 0 Å². The van der Waals surface area contributed by atoms with Crippen LogP contribution >= 0.6 is 11.8 Å². The van der Waals surface area contributed by atoms with Gasteiger partial charge in [-0.15, -0.1) is 0 Å². The number of quaternary nitrogens is 1. The van der Waals surface area contributed by atoms with E-state index in [0.717, 1.165) is 37.0 Å². The lowest BCUT2D eigenvalue weighted by atomic mass is 9.92. The van der Waals surface area contributed by atoms with Crippen LogP contribution in [0, 0.1) is 5.41 Å². The number of hydrogen-bond donors (Lipinski definition) is 1. The molecule has 1 aromatic carbocycles. The minimum Gasteiger partial charge on any atom is -0.340 e. The van der Waals surface area contributed by atoms with Gasteiger partial charge in [-0.05, 0) is 12.1 Å². The summed E-state index contributed by atoms with van der Waals surface area (Å²) in [5.41, 5.74) is 0.654. The first-order valence-electron chi connectivity index (χ1n) is 8.22. The van der Waals surface area contributed by atoms with E-state index in [1.165, 1.54) is 0 Å². The Bertz CT molecular complexity index is 543. The Kier molecular flexibility index (Phi) is 6.25. The first kappa shape index (κ1) is 18.0. The number of nitrogens with zero attached hydrogens (tertiary/aromatic N) is 2. The highest BCUT2D eigenvalue weighted by Gasteiger charge is 2.25. The second-order valence-corrected chi connectivity index (χ2v) is 8.08. The molecular weight excluding hydrogens is 306 g/mol. The number of amidine groups is 1. The highest BCUT2D eigenvalue weighted by Crippen LogP contribution is 2.22. The van der Waals surface area contributed by atoms with Crippen LogP contribution in [0.5, 0.6) is 0 Å². The second kappa shape index (κ2) is 7.97. The number of para-hydroxylation sites is 1. The lowest BCUT2D eigenvalue weighted by molar-refractivity contribution is -0.883. The van der Waals surface area contributed by atoms with Gasteiger partial charge in [-0.2, -0.15) is 0 Å². The van der Waals surface area contributed by atoms with Crippen molar-refractivity contribution in [3.63, 3.8) is 0 Å². The van der Waals surface area contributed by atoms with Crippen molar-refractivity contribution < 1.29 is 9.69 Å². The normalized spacial score (nSPS) is 17.4. The number of piperazine rings is 1. The maximum absolute atomic E-state index is 12.3. The molecule has 1 heterocycles. The van der Waals surface area contributed by atoms with Gasteiger partial charge >= 0.3 is 0 Å². The van der Waals surface area contributed by atoms with Crippen LogP contribution in [0.2, 0.25) is 0 Å². The van der Waals surface area contributed by atoms with Crippen LogP contribution in [-0.4, -0.2) is 54.8 Å². The van der Waals surface area contributed by atoms with Gasteiger partial charge in [-0.1, -0.05) is 50.7 Å². The smallest absolute Gasteiger partial charge is 0.165 e. The number of rotatable bonds is 3. The molecule has 1 N–H and O–H groups in total. The third-order valence-corrected chi connectivity index (χ3v) is 5.05. The molecule has 1 aliphatic rings. The van der Waals surface area contributed by atoms with E-state index < -0.39 is 0 Å². The molecule has 4 nitrogen and oxygen atoms in total. The standard InChI is InChI=1S/C18H27N3OS/c1-18(2,3)16(22)14-23-17(19-15-8-6-5-7-9-15)21-12-10-20(4)11-13-21/h5-9H,10-14H2,1-4H3/p+1. The SMILES string of the molecule is C[NH+]1CCN(C(=Nc2ccccc2)SCC(=O)C(C)(C)C)CC1. The van der Waals surface area contributed by atoms with Gasteiger partial charge in [0.1, 0.15) is 5.78 Å². The van der Waals surface area contributed by atoms with Crippen molar-refractivity contribution in [3.05, 3.63) is 30.3 Å². The van der Waals surface area contributed by atoms with E-state index in [-0.39, 0.29) is 11.2 Å². The molecule has 0 aromatic heterocycles. The molecule has 1 aromatic rings. The summed E-state index contributed by atoms with van der Waals surface area (Å²) < 4.78 is 0. The number of thioether (sulfide) groups is 1. The Morgan fingerprint density at radius 1 is 1.22 bits per heavy atom. The zero-order valence-corrected chi connectivity index (χ0v) is 15.4. The summed E-state index contributed by atoms with van der Waals surface area (Å²) in [6.45, 7) is 10.1. The van der Waals surface area contributed by atoms with Crippen molar-refractivity contribution in [1.29, 1.82) is 0 Å². The zero-order valence-electron chi connectivity index (χ0n) is 14.6. The number of hydrogen-bond acceptors (Lipinski definition) is 3. The minimum absolute atomic E-state index is 0.267. The number of Topliss-reactive ketones (excluding diaryl/α,β-unsaturated/α-hetero) is 1. The highest BCUT2D eigenvalue weighted by molar-refractivity contribution is 8.14. The molecule has 0 saturated carbocycles. The van der Waals surface area contributed by atoms with E-state index in [1.54, 1.807) is 16.7 Å². The molecule has 1 saturated heterocycles. The molecule has 0 spiro atoms. The number of carbonyl (C=O) groups excluding carboxylic acids is 1. The van der Waals surface area contributed by atoms with Gasteiger partial charge in [0.2, 0.25) is 0 Å². The van der Waals surface area contributed by atoms with Crippen LogP contribution in [0.1, 0.15) is 20.8 Å². The molecule has 1 fully saturated rings. The van der Waals surface area contributed by atoms with E-state index in [9.17, 15) is 4.79 Å². The third kappa shape index (κ3) is 5.66. The number of carbonyl (C=O) groups is 1. The Balaban J connectivity index is 2.11. The first-order chi connectivity index (χ1) is 10.9. The molecule has 0 amide bonds. The number of ketones is 1. The van der Waals surface area contributed by atoms with Crippen LogP contribution in [0.15, 0.2) is 35.3 Å². The minimum atomic E-state index is -0.295. The number of nitrogens with one attached hydrogen (secondary N) is 1. The largest absolute Gasteiger partial charge is 0.340 e. The maximum atomic E-state index is 12.3. The van der Waals surface area contributed by atoms with E-state index in [2.05, 4.69) is 11.9 Å². The van der Waals surface area contributed by atoms with Gasteiger partial charge < -0.3 is 9.80 Å². The highest BCUT2D eigenvalue weighted by atomic mass is 32.2. The molecule has 126 valence electrons. The predicted octanol–water partition coefficient (Wildman–Crippen LogP) is 1.85. The van der Waals surface area contributed by atoms with E-state index in [4.69, 9.17) is 4.99 Å². The van der Waals surface area contributed by atoms with Crippen molar-refractivity contribution in [2.24, 2.45) is 10.4 Å². The topological polar surface area (TPSA) is 37.1 Å². The summed E-state index contributed by atoms with van der Waals surface area (Å²) in [5.74, 6) is 0.747. The first-order valence-corrected chi connectivity index (χ1v) is 9.21. The fraction of sp³-hybridized carbons (Fsp3) is 0.556. The molecule has 0 bridgehead atoms. The lowest BCUT2D eigenvalue weighted by Gasteiger charge is -2.32.